The number of aryl methyl sites for hydroxylation is 1. The number of halogens is 1. The van der Waals surface area contributed by atoms with Gasteiger partial charge in [0.2, 0.25) is 0 Å². The summed E-state index contributed by atoms with van der Waals surface area (Å²) in [5, 5.41) is 2.81. The molecule has 8 heteroatoms. The number of ether oxygens (including phenoxy) is 1. The smallest absolute Gasteiger partial charge is 0.320 e. The monoisotopic (exact) mass is 364 g/mol. The third-order valence-electron chi connectivity index (χ3n) is 4.80. The maximum absolute atomic E-state index is 13.6. The van der Waals surface area contributed by atoms with Crippen molar-refractivity contribution in [2.45, 2.75) is 13.5 Å². The number of hydrogen-bond donors (Lipinski definition) is 1. The van der Waals surface area contributed by atoms with E-state index in [0.717, 1.165) is 5.56 Å². The minimum atomic E-state index is -0.271. The van der Waals surface area contributed by atoms with Gasteiger partial charge in [-0.1, -0.05) is 12.1 Å². The van der Waals surface area contributed by atoms with Crippen LogP contribution in [0.25, 0.3) is 0 Å². The van der Waals surface area contributed by atoms with Gasteiger partial charge in [0.15, 0.2) is 0 Å². The average molecular weight is 364 g/mol. The van der Waals surface area contributed by atoms with E-state index in [4.69, 9.17) is 4.74 Å². The second-order valence-corrected chi connectivity index (χ2v) is 6.60. The summed E-state index contributed by atoms with van der Waals surface area (Å²) in [6.07, 6.45) is 0. The van der Waals surface area contributed by atoms with Crippen LogP contribution in [0.1, 0.15) is 11.1 Å². The van der Waals surface area contributed by atoms with Gasteiger partial charge < -0.3 is 24.8 Å². The fourth-order valence-corrected chi connectivity index (χ4v) is 3.09. The molecule has 0 radical (unpaired) electrons. The maximum atomic E-state index is 13.6. The van der Waals surface area contributed by atoms with Crippen LogP contribution in [0.2, 0.25) is 0 Å². The molecule has 0 spiro atoms. The summed E-state index contributed by atoms with van der Waals surface area (Å²) in [6.45, 7) is 6.39. The molecule has 2 aliphatic rings. The molecule has 2 aliphatic heterocycles. The molecule has 4 amide bonds. The number of hydrogen-bond acceptors (Lipinski definition) is 3. The van der Waals surface area contributed by atoms with E-state index in [9.17, 15) is 14.0 Å². The van der Waals surface area contributed by atoms with E-state index >= 15 is 0 Å². The van der Waals surface area contributed by atoms with Crippen molar-refractivity contribution in [3.63, 3.8) is 0 Å². The third-order valence-corrected chi connectivity index (χ3v) is 4.80. The van der Waals surface area contributed by atoms with Crippen molar-refractivity contribution in [3.8, 4) is 0 Å². The van der Waals surface area contributed by atoms with E-state index in [-0.39, 0.29) is 24.4 Å². The van der Waals surface area contributed by atoms with Crippen LogP contribution in [0.4, 0.5) is 14.0 Å². The Hall–Kier alpha value is -2.35. The number of piperazine rings is 1. The first-order valence-corrected chi connectivity index (χ1v) is 8.94. The van der Waals surface area contributed by atoms with Crippen molar-refractivity contribution >= 4 is 12.1 Å². The maximum Gasteiger partial charge on any atom is 0.320 e. The van der Waals surface area contributed by atoms with Crippen LogP contribution < -0.4 is 5.32 Å². The number of urea groups is 2. The van der Waals surface area contributed by atoms with Gasteiger partial charge in [-0.15, -0.1) is 0 Å². The SMILES string of the molecule is Cc1ccc(CNC(=O)N2CCN(C(=O)N3CCOCC3)CC2)cc1F. The molecular weight excluding hydrogens is 339 g/mol. The predicted octanol–water partition coefficient (Wildman–Crippen LogP) is 1.41. The van der Waals surface area contributed by atoms with E-state index in [1.165, 1.54) is 6.07 Å². The Morgan fingerprint density at radius 3 is 2.31 bits per heavy atom. The lowest BCUT2D eigenvalue weighted by Gasteiger charge is -2.38. The summed E-state index contributed by atoms with van der Waals surface area (Å²) in [4.78, 5) is 30.0. The van der Waals surface area contributed by atoms with Crippen molar-refractivity contribution in [2.75, 3.05) is 52.5 Å². The van der Waals surface area contributed by atoms with Gasteiger partial charge in [-0.25, -0.2) is 14.0 Å². The molecule has 0 unspecified atom stereocenters. The Morgan fingerprint density at radius 1 is 1.04 bits per heavy atom. The number of carbonyl (C=O) groups excluding carboxylic acids is 2. The summed E-state index contributed by atoms with van der Waals surface area (Å²) in [5.74, 6) is -0.271. The number of nitrogens with one attached hydrogen (secondary N) is 1. The fraction of sp³-hybridized carbons (Fsp3) is 0.556. The molecule has 2 fully saturated rings. The second kappa shape index (κ2) is 8.35. The molecule has 0 aromatic heterocycles. The number of rotatable bonds is 2. The van der Waals surface area contributed by atoms with Crippen molar-refractivity contribution in [2.24, 2.45) is 0 Å². The molecule has 0 bridgehead atoms. The van der Waals surface area contributed by atoms with Gasteiger partial charge in [0, 0.05) is 45.8 Å². The van der Waals surface area contributed by atoms with E-state index < -0.39 is 0 Å². The van der Waals surface area contributed by atoms with Gasteiger partial charge in [-0.05, 0) is 24.1 Å². The zero-order valence-electron chi connectivity index (χ0n) is 15.0. The van der Waals surface area contributed by atoms with Crippen molar-refractivity contribution in [3.05, 3.63) is 35.1 Å². The highest BCUT2D eigenvalue weighted by atomic mass is 19.1. The summed E-state index contributed by atoms with van der Waals surface area (Å²) in [7, 11) is 0. The third kappa shape index (κ3) is 4.43. The molecule has 2 saturated heterocycles. The first-order valence-electron chi connectivity index (χ1n) is 8.94. The lowest BCUT2D eigenvalue weighted by Crippen LogP contribution is -2.56. The van der Waals surface area contributed by atoms with E-state index in [2.05, 4.69) is 5.32 Å². The van der Waals surface area contributed by atoms with Gasteiger partial charge in [0.05, 0.1) is 13.2 Å². The molecule has 1 aromatic carbocycles. The minimum absolute atomic E-state index is 0.0171. The second-order valence-electron chi connectivity index (χ2n) is 6.60. The summed E-state index contributed by atoms with van der Waals surface area (Å²) >= 11 is 0. The Morgan fingerprint density at radius 2 is 1.65 bits per heavy atom. The standard InChI is InChI=1S/C18H25FN4O3/c1-14-2-3-15(12-16(14)19)13-20-17(24)21-4-6-22(7-5-21)18(25)23-8-10-26-11-9-23/h2-3,12H,4-11,13H2,1H3,(H,20,24). The largest absolute Gasteiger partial charge is 0.378 e. The first-order chi connectivity index (χ1) is 12.5. The molecule has 0 atom stereocenters. The summed E-state index contributed by atoms with van der Waals surface area (Å²) in [6, 6.07) is 4.77. The van der Waals surface area contributed by atoms with Crippen LogP contribution in [0.15, 0.2) is 18.2 Å². The lowest BCUT2D eigenvalue weighted by atomic mass is 10.1. The highest BCUT2D eigenvalue weighted by molar-refractivity contribution is 5.76. The number of morpholine rings is 1. The van der Waals surface area contributed by atoms with Crippen LogP contribution in [-0.4, -0.2) is 79.2 Å². The Bertz CT molecular complexity index is 656. The first kappa shape index (κ1) is 18.4. The van der Waals surface area contributed by atoms with Gasteiger partial charge in [-0.2, -0.15) is 0 Å². The van der Waals surface area contributed by atoms with Crippen LogP contribution >= 0.6 is 0 Å². The van der Waals surface area contributed by atoms with Crippen LogP contribution in [0, 0.1) is 12.7 Å². The number of carbonyl (C=O) groups is 2. The Balaban J connectivity index is 1.44. The molecular formula is C18H25FN4O3. The van der Waals surface area contributed by atoms with E-state index in [1.54, 1.807) is 33.8 Å². The van der Waals surface area contributed by atoms with Crippen molar-refractivity contribution < 1.29 is 18.7 Å². The molecule has 2 heterocycles. The van der Waals surface area contributed by atoms with Crippen LogP contribution in [0.5, 0.6) is 0 Å². The molecule has 26 heavy (non-hydrogen) atoms. The van der Waals surface area contributed by atoms with Crippen molar-refractivity contribution in [1.82, 2.24) is 20.0 Å². The lowest BCUT2D eigenvalue weighted by molar-refractivity contribution is 0.0392. The number of benzene rings is 1. The van der Waals surface area contributed by atoms with Gasteiger partial charge >= 0.3 is 12.1 Å². The van der Waals surface area contributed by atoms with Gasteiger partial charge in [0.25, 0.3) is 0 Å². The molecule has 3 rings (SSSR count). The Labute approximate surface area is 152 Å². The minimum Gasteiger partial charge on any atom is -0.378 e. The summed E-state index contributed by atoms with van der Waals surface area (Å²) in [5.41, 5.74) is 1.31. The van der Waals surface area contributed by atoms with Crippen LogP contribution in [-0.2, 0) is 11.3 Å². The average Bonchev–Trinajstić information content (AvgIpc) is 2.69. The van der Waals surface area contributed by atoms with Crippen molar-refractivity contribution in [1.29, 1.82) is 0 Å². The molecule has 7 nitrogen and oxygen atoms in total. The zero-order valence-corrected chi connectivity index (χ0v) is 15.0. The quantitative estimate of drug-likeness (QED) is 0.863. The van der Waals surface area contributed by atoms with Crippen LogP contribution in [0.3, 0.4) is 0 Å². The zero-order chi connectivity index (χ0) is 18.5. The van der Waals surface area contributed by atoms with Gasteiger partial charge in [-0.3, -0.25) is 0 Å². The Kier molecular flexibility index (Phi) is 5.92. The fourth-order valence-electron chi connectivity index (χ4n) is 3.09. The molecule has 0 saturated carbocycles. The normalized spacial score (nSPS) is 18.0. The number of nitrogens with zero attached hydrogens (tertiary/aromatic N) is 3. The van der Waals surface area contributed by atoms with Gasteiger partial charge in [0.1, 0.15) is 5.82 Å². The molecule has 1 N–H and O–H groups in total. The number of amides is 4. The molecule has 0 aliphatic carbocycles. The highest BCUT2D eigenvalue weighted by Gasteiger charge is 2.27. The molecule has 1 aromatic rings. The topological polar surface area (TPSA) is 65.1 Å². The highest BCUT2D eigenvalue weighted by Crippen LogP contribution is 2.10. The summed E-state index contributed by atoms with van der Waals surface area (Å²) < 4.78 is 18.8. The molecule has 142 valence electrons. The predicted molar refractivity (Wildman–Crippen MR) is 94.3 cm³/mol. The van der Waals surface area contributed by atoms with E-state index in [0.29, 0.717) is 58.0 Å². The van der Waals surface area contributed by atoms with E-state index in [1.807, 2.05) is 0 Å².